The van der Waals surface area contributed by atoms with Crippen molar-refractivity contribution in [2.24, 2.45) is 0 Å². The molecule has 6 nitrogen and oxygen atoms in total. The van der Waals surface area contributed by atoms with E-state index in [0.29, 0.717) is 18.7 Å². The fraction of sp³-hybridized carbons (Fsp3) is 0.417. The number of carboxylic acid groups (broad SMARTS) is 1. The van der Waals surface area contributed by atoms with E-state index in [1.54, 1.807) is 24.9 Å². The summed E-state index contributed by atoms with van der Waals surface area (Å²) in [5, 5.41) is 9.04. The van der Waals surface area contributed by atoms with E-state index in [1.165, 1.54) is 6.07 Å². The molecule has 18 heavy (non-hydrogen) atoms. The van der Waals surface area contributed by atoms with Gasteiger partial charge in [0.1, 0.15) is 0 Å². The zero-order chi connectivity index (χ0) is 13.3. The molecule has 1 saturated heterocycles. The van der Waals surface area contributed by atoms with Crippen molar-refractivity contribution in [2.45, 2.75) is 19.4 Å². The van der Waals surface area contributed by atoms with Crippen molar-refractivity contribution < 1.29 is 19.4 Å². The van der Waals surface area contributed by atoms with Gasteiger partial charge in [-0.1, -0.05) is 0 Å². The topological polar surface area (TPSA) is 79.7 Å². The van der Waals surface area contributed by atoms with E-state index >= 15 is 0 Å². The molecule has 0 aliphatic carbocycles. The third-order valence-electron chi connectivity index (χ3n) is 2.85. The fourth-order valence-corrected chi connectivity index (χ4v) is 1.85. The number of carbonyl (C=O) groups excluding carboxylic acids is 1. The Balaban J connectivity index is 2.24. The summed E-state index contributed by atoms with van der Waals surface area (Å²) in [6, 6.07) is 3.20. The molecule has 1 aliphatic rings. The van der Waals surface area contributed by atoms with Crippen molar-refractivity contribution in [3.05, 3.63) is 23.5 Å². The van der Waals surface area contributed by atoms with Crippen LogP contribution < -0.4 is 4.74 Å². The van der Waals surface area contributed by atoms with Crippen molar-refractivity contribution >= 4 is 11.9 Å². The molecule has 1 N–H and O–H groups in total. The molecule has 1 unspecified atom stereocenters. The summed E-state index contributed by atoms with van der Waals surface area (Å²) in [6.07, 6.45) is -0.0555. The van der Waals surface area contributed by atoms with Crippen LogP contribution in [0.2, 0.25) is 0 Å². The molecule has 2 rings (SSSR count). The van der Waals surface area contributed by atoms with Crippen LogP contribution >= 0.6 is 0 Å². The Labute approximate surface area is 104 Å². The lowest BCUT2D eigenvalue weighted by molar-refractivity contribution is -0.132. The molecule has 2 heterocycles. The van der Waals surface area contributed by atoms with Crippen LogP contribution in [-0.2, 0) is 4.79 Å². The van der Waals surface area contributed by atoms with Crippen LogP contribution in [0.4, 0.5) is 0 Å². The first-order valence-electron chi connectivity index (χ1n) is 5.61. The maximum atomic E-state index is 11.7. The highest BCUT2D eigenvalue weighted by atomic mass is 16.5. The van der Waals surface area contributed by atoms with Crippen LogP contribution in [0.5, 0.6) is 5.75 Å². The quantitative estimate of drug-likeness (QED) is 0.854. The highest BCUT2D eigenvalue weighted by molar-refractivity contribution is 5.89. The first-order chi connectivity index (χ1) is 8.49. The van der Waals surface area contributed by atoms with E-state index in [0.717, 1.165) is 0 Å². The average molecular weight is 250 g/mol. The van der Waals surface area contributed by atoms with E-state index in [2.05, 4.69) is 4.98 Å². The summed E-state index contributed by atoms with van der Waals surface area (Å²) in [4.78, 5) is 28.2. The number of hydrogen-bond donors (Lipinski definition) is 1. The van der Waals surface area contributed by atoms with E-state index in [1.807, 2.05) is 0 Å². The number of carboxylic acids is 1. The van der Waals surface area contributed by atoms with Gasteiger partial charge in [0.05, 0.1) is 0 Å². The van der Waals surface area contributed by atoms with Gasteiger partial charge in [0, 0.05) is 25.7 Å². The molecular weight excluding hydrogens is 236 g/mol. The third kappa shape index (κ3) is 2.27. The molecule has 0 saturated carbocycles. The van der Waals surface area contributed by atoms with Gasteiger partial charge in [-0.15, -0.1) is 0 Å². The second-order valence-electron chi connectivity index (χ2n) is 4.26. The standard InChI is InChI=1S/C12H14N2O4/c1-7-3-4-8(10(13-7)12(16)17)18-9-5-6-14(2)11(9)15/h3-4,9H,5-6H2,1-2H3,(H,16,17). The maximum Gasteiger partial charge on any atom is 0.358 e. The molecule has 1 aliphatic heterocycles. The molecular formula is C12H14N2O4. The Hall–Kier alpha value is -2.11. The maximum absolute atomic E-state index is 11.7. The number of amides is 1. The van der Waals surface area contributed by atoms with Crippen LogP contribution in [0.25, 0.3) is 0 Å². The molecule has 0 bridgehead atoms. The zero-order valence-corrected chi connectivity index (χ0v) is 10.2. The third-order valence-corrected chi connectivity index (χ3v) is 2.85. The number of ether oxygens (including phenoxy) is 1. The normalized spacial score (nSPS) is 19.1. The zero-order valence-electron chi connectivity index (χ0n) is 10.2. The van der Waals surface area contributed by atoms with E-state index in [9.17, 15) is 9.59 Å². The summed E-state index contributed by atoms with van der Waals surface area (Å²) in [5.41, 5.74) is 0.437. The first-order valence-corrected chi connectivity index (χ1v) is 5.61. The minimum Gasteiger partial charge on any atom is -0.478 e. The predicted octanol–water partition coefficient (Wildman–Crippen LogP) is 0.698. The summed E-state index contributed by atoms with van der Waals surface area (Å²) < 4.78 is 5.47. The highest BCUT2D eigenvalue weighted by Gasteiger charge is 2.32. The Morgan fingerprint density at radius 3 is 2.83 bits per heavy atom. The van der Waals surface area contributed by atoms with Gasteiger partial charge in [-0.2, -0.15) is 0 Å². The number of carbonyl (C=O) groups is 2. The molecule has 1 aromatic rings. The number of likely N-dealkylation sites (tertiary alicyclic amines) is 1. The van der Waals surface area contributed by atoms with Crippen molar-refractivity contribution in [3.8, 4) is 5.75 Å². The van der Waals surface area contributed by atoms with Crippen LogP contribution in [0.3, 0.4) is 0 Å². The number of aromatic nitrogens is 1. The van der Waals surface area contributed by atoms with Gasteiger partial charge >= 0.3 is 5.97 Å². The summed E-state index contributed by atoms with van der Waals surface area (Å²) >= 11 is 0. The van der Waals surface area contributed by atoms with Crippen molar-refractivity contribution in [1.82, 2.24) is 9.88 Å². The van der Waals surface area contributed by atoms with Gasteiger partial charge in [0.25, 0.3) is 5.91 Å². The van der Waals surface area contributed by atoms with Gasteiger partial charge in [-0.05, 0) is 19.1 Å². The Bertz CT molecular complexity index is 501. The minimum absolute atomic E-state index is 0.132. The predicted molar refractivity (Wildman–Crippen MR) is 62.6 cm³/mol. The Morgan fingerprint density at radius 2 is 2.28 bits per heavy atom. The molecule has 0 aromatic carbocycles. The lowest BCUT2D eigenvalue weighted by Crippen LogP contribution is -2.30. The largest absolute Gasteiger partial charge is 0.478 e. The number of nitrogens with zero attached hydrogens (tertiary/aromatic N) is 2. The number of hydrogen-bond acceptors (Lipinski definition) is 4. The van der Waals surface area contributed by atoms with Crippen molar-refractivity contribution in [1.29, 1.82) is 0 Å². The lowest BCUT2D eigenvalue weighted by Gasteiger charge is -2.14. The monoisotopic (exact) mass is 250 g/mol. The second kappa shape index (κ2) is 4.64. The molecule has 1 fully saturated rings. The number of rotatable bonds is 3. The van der Waals surface area contributed by atoms with Crippen LogP contribution in [0.15, 0.2) is 12.1 Å². The molecule has 0 spiro atoms. The van der Waals surface area contributed by atoms with E-state index in [4.69, 9.17) is 9.84 Å². The number of aromatic carboxylic acids is 1. The molecule has 1 aromatic heterocycles. The minimum atomic E-state index is -1.16. The van der Waals surface area contributed by atoms with Crippen molar-refractivity contribution in [2.75, 3.05) is 13.6 Å². The molecule has 6 heteroatoms. The van der Waals surface area contributed by atoms with Crippen LogP contribution in [0.1, 0.15) is 22.6 Å². The number of likely N-dealkylation sites (N-methyl/N-ethyl adjacent to an activating group) is 1. The van der Waals surface area contributed by atoms with Crippen LogP contribution in [0, 0.1) is 6.92 Å². The van der Waals surface area contributed by atoms with Gasteiger partial charge in [-0.3, -0.25) is 4.79 Å². The molecule has 0 radical (unpaired) electrons. The first kappa shape index (κ1) is 12.3. The fourth-order valence-electron chi connectivity index (χ4n) is 1.85. The SMILES string of the molecule is Cc1ccc(OC2CCN(C)C2=O)c(C(=O)O)n1. The van der Waals surface area contributed by atoms with Crippen LogP contribution in [-0.4, -0.2) is 46.6 Å². The van der Waals surface area contributed by atoms with Gasteiger partial charge in [-0.25, -0.2) is 9.78 Å². The van der Waals surface area contributed by atoms with E-state index in [-0.39, 0.29) is 17.4 Å². The van der Waals surface area contributed by atoms with Gasteiger partial charge in [0.2, 0.25) is 0 Å². The highest BCUT2D eigenvalue weighted by Crippen LogP contribution is 2.22. The molecule has 96 valence electrons. The lowest BCUT2D eigenvalue weighted by atomic mass is 10.2. The molecule has 1 amide bonds. The van der Waals surface area contributed by atoms with Gasteiger partial charge < -0.3 is 14.7 Å². The Morgan fingerprint density at radius 1 is 1.56 bits per heavy atom. The summed E-state index contributed by atoms with van der Waals surface area (Å²) in [7, 11) is 1.69. The van der Waals surface area contributed by atoms with E-state index < -0.39 is 12.1 Å². The smallest absolute Gasteiger partial charge is 0.358 e. The summed E-state index contributed by atoms with van der Waals surface area (Å²) in [6.45, 7) is 2.32. The second-order valence-corrected chi connectivity index (χ2v) is 4.26. The Kier molecular flexibility index (Phi) is 3.18. The average Bonchev–Trinajstić information content (AvgIpc) is 2.63. The van der Waals surface area contributed by atoms with Gasteiger partial charge in [0.15, 0.2) is 17.5 Å². The van der Waals surface area contributed by atoms with Crippen molar-refractivity contribution in [3.63, 3.8) is 0 Å². The molecule has 1 atom stereocenters. The number of aryl methyl sites for hydroxylation is 1. The number of pyridine rings is 1. The summed E-state index contributed by atoms with van der Waals surface area (Å²) in [5.74, 6) is -1.15.